The molecule has 0 aliphatic carbocycles. The lowest BCUT2D eigenvalue weighted by Gasteiger charge is -2.19. The van der Waals surface area contributed by atoms with Crippen LogP contribution in [0.5, 0.6) is 0 Å². The summed E-state index contributed by atoms with van der Waals surface area (Å²) in [6.07, 6.45) is 9.92. The van der Waals surface area contributed by atoms with E-state index in [4.69, 9.17) is 17.1 Å². The number of nitrogens with two attached hydrogens (primary N) is 1. The minimum Gasteiger partial charge on any atom is -0.384 e. The molecule has 1 aromatic rings. The van der Waals surface area contributed by atoms with E-state index in [1.807, 2.05) is 4.57 Å². The molecule has 1 aromatic heterocycles. The molecule has 18 heavy (non-hydrogen) atoms. The van der Waals surface area contributed by atoms with E-state index in [0.29, 0.717) is 6.54 Å². The number of aryl methyl sites for hydroxylation is 1. The third-order valence-corrected chi connectivity index (χ3v) is 3.02. The molecule has 0 spiro atoms. The van der Waals surface area contributed by atoms with Crippen LogP contribution in [0.4, 0.5) is 5.82 Å². The number of nitrogen functional groups attached to an aromatic ring is 1. The van der Waals surface area contributed by atoms with Gasteiger partial charge in [0.15, 0.2) is 0 Å². The molecule has 3 nitrogen and oxygen atoms in total. The van der Waals surface area contributed by atoms with Crippen molar-refractivity contribution >= 4 is 5.82 Å². The number of terminal acetylenes is 1. The van der Waals surface area contributed by atoms with E-state index in [0.717, 1.165) is 30.2 Å². The van der Waals surface area contributed by atoms with Crippen LogP contribution in [-0.4, -0.2) is 9.55 Å². The highest BCUT2D eigenvalue weighted by Crippen LogP contribution is 2.26. The number of aromatic nitrogens is 2. The Morgan fingerprint density at radius 1 is 1.33 bits per heavy atom. The lowest BCUT2D eigenvalue weighted by Crippen LogP contribution is -2.19. The fourth-order valence-electron chi connectivity index (χ4n) is 2.07. The number of hydrogen-bond acceptors (Lipinski definition) is 2. The quantitative estimate of drug-likeness (QED) is 0.641. The number of imidazole rings is 1. The van der Waals surface area contributed by atoms with E-state index in [1.165, 1.54) is 12.8 Å². The highest BCUT2D eigenvalue weighted by molar-refractivity contribution is 5.40. The van der Waals surface area contributed by atoms with Crippen molar-refractivity contribution in [2.24, 2.45) is 0 Å². The first-order valence-electron chi connectivity index (χ1n) is 6.70. The Balaban J connectivity index is 3.04. The number of nitrogens with zero attached hydrogens (tertiary/aromatic N) is 2. The van der Waals surface area contributed by atoms with Crippen molar-refractivity contribution < 1.29 is 0 Å². The Labute approximate surface area is 111 Å². The van der Waals surface area contributed by atoms with Gasteiger partial charge in [-0.2, -0.15) is 0 Å². The highest BCUT2D eigenvalue weighted by atomic mass is 15.1. The molecule has 0 amide bonds. The van der Waals surface area contributed by atoms with E-state index in [2.05, 4.69) is 33.6 Å². The van der Waals surface area contributed by atoms with Gasteiger partial charge in [0.2, 0.25) is 0 Å². The Hall–Kier alpha value is -1.43. The number of unbranched alkanes of at least 4 members (excludes halogenated alkanes) is 2. The maximum Gasteiger partial charge on any atom is 0.127 e. The molecule has 1 rings (SSSR count). The zero-order chi connectivity index (χ0) is 13.8. The molecule has 0 saturated heterocycles. The summed E-state index contributed by atoms with van der Waals surface area (Å²) in [5.74, 6) is 4.40. The predicted molar refractivity (Wildman–Crippen MR) is 77.4 cm³/mol. The van der Waals surface area contributed by atoms with Gasteiger partial charge in [-0.25, -0.2) is 4.98 Å². The average Bonchev–Trinajstić information content (AvgIpc) is 2.58. The first-order valence-corrected chi connectivity index (χ1v) is 6.70. The molecular formula is C15H25N3. The van der Waals surface area contributed by atoms with Gasteiger partial charge in [-0.05, 0) is 12.8 Å². The van der Waals surface area contributed by atoms with Gasteiger partial charge in [0.05, 0.1) is 12.2 Å². The number of anilines is 1. The second-order valence-electron chi connectivity index (χ2n) is 5.76. The Morgan fingerprint density at radius 3 is 2.50 bits per heavy atom. The molecule has 0 aromatic carbocycles. The lowest BCUT2D eigenvalue weighted by molar-refractivity contribution is 0.516. The van der Waals surface area contributed by atoms with Crippen molar-refractivity contribution in [1.82, 2.24) is 9.55 Å². The summed E-state index contributed by atoms with van der Waals surface area (Å²) in [6, 6.07) is 0. The van der Waals surface area contributed by atoms with Crippen molar-refractivity contribution in [2.45, 2.75) is 65.3 Å². The van der Waals surface area contributed by atoms with Crippen LogP contribution < -0.4 is 5.73 Å². The molecular weight excluding hydrogens is 222 g/mol. The third-order valence-electron chi connectivity index (χ3n) is 3.02. The van der Waals surface area contributed by atoms with Gasteiger partial charge in [0.1, 0.15) is 11.6 Å². The first-order chi connectivity index (χ1) is 8.41. The van der Waals surface area contributed by atoms with Crippen molar-refractivity contribution in [3.63, 3.8) is 0 Å². The SMILES string of the molecule is C#CCn1c(C(C)(C)C)nc(CCCCC)c1N. The van der Waals surface area contributed by atoms with Crippen molar-refractivity contribution in [1.29, 1.82) is 0 Å². The zero-order valence-electron chi connectivity index (χ0n) is 12.1. The Kier molecular flexibility index (Phi) is 4.84. The fraction of sp³-hybridized carbons (Fsp3) is 0.667. The molecule has 1 heterocycles. The van der Waals surface area contributed by atoms with Gasteiger partial charge in [0.25, 0.3) is 0 Å². The van der Waals surface area contributed by atoms with E-state index in [-0.39, 0.29) is 5.41 Å². The van der Waals surface area contributed by atoms with Crippen molar-refractivity contribution in [3.8, 4) is 12.3 Å². The van der Waals surface area contributed by atoms with Crippen LogP contribution in [0.15, 0.2) is 0 Å². The summed E-state index contributed by atoms with van der Waals surface area (Å²) in [7, 11) is 0. The summed E-state index contributed by atoms with van der Waals surface area (Å²) in [5, 5.41) is 0. The summed E-state index contributed by atoms with van der Waals surface area (Å²) in [6.45, 7) is 9.10. The molecule has 2 N–H and O–H groups in total. The van der Waals surface area contributed by atoms with E-state index in [9.17, 15) is 0 Å². The molecule has 0 unspecified atom stereocenters. The summed E-state index contributed by atoms with van der Waals surface area (Å²) < 4.78 is 1.97. The third kappa shape index (κ3) is 3.29. The van der Waals surface area contributed by atoms with E-state index >= 15 is 0 Å². The molecule has 0 aliphatic heterocycles. The molecule has 3 heteroatoms. The predicted octanol–water partition coefficient (Wildman–Crippen LogP) is 3.13. The normalized spacial score (nSPS) is 11.5. The zero-order valence-corrected chi connectivity index (χ0v) is 12.1. The van der Waals surface area contributed by atoms with E-state index in [1.54, 1.807) is 0 Å². The van der Waals surface area contributed by atoms with Crippen LogP contribution in [0.2, 0.25) is 0 Å². The number of hydrogen-bond donors (Lipinski definition) is 1. The molecule has 0 saturated carbocycles. The average molecular weight is 247 g/mol. The molecule has 100 valence electrons. The molecule has 0 bridgehead atoms. The van der Waals surface area contributed by atoms with Gasteiger partial charge in [0, 0.05) is 5.41 Å². The Bertz CT molecular complexity index is 430. The summed E-state index contributed by atoms with van der Waals surface area (Å²) in [4.78, 5) is 4.71. The van der Waals surface area contributed by atoms with Gasteiger partial charge < -0.3 is 10.3 Å². The highest BCUT2D eigenvalue weighted by Gasteiger charge is 2.24. The minimum atomic E-state index is -0.0338. The first kappa shape index (κ1) is 14.6. The molecule has 0 aliphatic rings. The standard InChI is InChI=1S/C15H25N3/c1-6-8-9-10-12-13(16)18(11-7-2)14(17-12)15(3,4)5/h2H,6,8-11,16H2,1,3-5H3. The van der Waals surface area contributed by atoms with Gasteiger partial charge in [-0.3, -0.25) is 0 Å². The summed E-state index contributed by atoms with van der Waals surface area (Å²) >= 11 is 0. The van der Waals surface area contributed by atoms with E-state index < -0.39 is 0 Å². The van der Waals surface area contributed by atoms with Gasteiger partial charge in [-0.1, -0.05) is 46.5 Å². The fourth-order valence-corrected chi connectivity index (χ4v) is 2.07. The van der Waals surface area contributed by atoms with Gasteiger partial charge >= 0.3 is 0 Å². The lowest BCUT2D eigenvalue weighted by atomic mass is 9.95. The van der Waals surface area contributed by atoms with Crippen LogP contribution in [0.1, 0.15) is 58.5 Å². The maximum absolute atomic E-state index is 6.17. The van der Waals surface area contributed by atoms with Gasteiger partial charge in [-0.15, -0.1) is 6.42 Å². The molecule has 0 atom stereocenters. The summed E-state index contributed by atoms with van der Waals surface area (Å²) in [5.41, 5.74) is 7.14. The largest absolute Gasteiger partial charge is 0.384 e. The molecule has 0 radical (unpaired) electrons. The second kappa shape index (κ2) is 5.95. The van der Waals surface area contributed by atoms with Crippen LogP contribution in [0.25, 0.3) is 0 Å². The molecule has 0 fully saturated rings. The van der Waals surface area contributed by atoms with Crippen LogP contribution in [-0.2, 0) is 18.4 Å². The van der Waals surface area contributed by atoms with Crippen molar-refractivity contribution in [3.05, 3.63) is 11.5 Å². The van der Waals surface area contributed by atoms with Crippen LogP contribution in [0.3, 0.4) is 0 Å². The van der Waals surface area contributed by atoms with Crippen molar-refractivity contribution in [2.75, 3.05) is 5.73 Å². The topological polar surface area (TPSA) is 43.8 Å². The monoisotopic (exact) mass is 247 g/mol. The smallest absolute Gasteiger partial charge is 0.127 e. The van der Waals surface area contributed by atoms with Crippen LogP contribution in [0, 0.1) is 12.3 Å². The minimum absolute atomic E-state index is 0.0338. The maximum atomic E-state index is 6.17. The van der Waals surface area contributed by atoms with Crippen LogP contribution >= 0.6 is 0 Å². The number of rotatable bonds is 5. The Morgan fingerprint density at radius 2 is 2.00 bits per heavy atom. The second-order valence-corrected chi connectivity index (χ2v) is 5.76.